The van der Waals surface area contributed by atoms with Gasteiger partial charge in [0.2, 0.25) is 0 Å². The van der Waals surface area contributed by atoms with Gasteiger partial charge in [-0.15, -0.1) is 0 Å². The standard InChI is InChI=1S/C14H19F3N2O2/c1-13(2,3)21-12(20)19(9-14(15,16)17)8-10-4-6-11(18)7-5-10/h4-7H,8-9,18H2,1-3H3. The van der Waals surface area contributed by atoms with Crippen molar-refractivity contribution in [3.8, 4) is 0 Å². The number of halogens is 3. The van der Waals surface area contributed by atoms with Crippen LogP contribution < -0.4 is 5.73 Å². The Bertz CT molecular complexity index is 478. The smallest absolute Gasteiger partial charge is 0.410 e. The predicted octanol–water partition coefficient (Wildman–Crippen LogP) is 3.57. The highest BCUT2D eigenvalue weighted by Crippen LogP contribution is 2.21. The van der Waals surface area contributed by atoms with Crippen molar-refractivity contribution in [2.45, 2.75) is 39.1 Å². The van der Waals surface area contributed by atoms with E-state index in [0.29, 0.717) is 16.2 Å². The predicted molar refractivity (Wildman–Crippen MR) is 73.6 cm³/mol. The van der Waals surface area contributed by atoms with Crippen LogP contribution in [0.25, 0.3) is 0 Å². The molecule has 0 aromatic heterocycles. The van der Waals surface area contributed by atoms with Gasteiger partial charge >= 0.3 is 12.3 Å². The molecule has 0 saturated carbocycles. The monoisotopic (exact) mass is 304 g/mol. The van der Waals surface area contributed by atoms with Crippen LogP contribution in [-0.2, 0) is 11.3 Å². The largest absolute Gasteiger partial charge is 0.444 e. The van der Waals surface area contributed by atoms with Crippen molar-refractivity contribution in [3.63, 3.8) is 0 Å². The van der Waals surface area contributed by atoms with Gasteiger partial charge in [0, 0.05) is 12.2 Å². The molecular weight excluding hydrogens is 285 g/mol. The Balaban J connectivity index is 2.86. The number of amides is 1. The third-order valence-corrected chi connectivity index (χ3v) is 2.37. The number of rotatable bonds is 3. The molecule has 0 radical (unpaired) electrons. The highest BCUT2D eigenvalue weighted by molar-refractivity contribution is 5.68. The second-order valence-corrected chi connectivity index (χ2v) is 5.69. The zero-order valence-electron chi connectivity index (χ0n) is 12.2. The molecule has 2 N–H and O–H groups in total. The van der Waals surface area contributed by atoms with Gasteiger partial charge in [0.05, 0.1) is 0 Å². The number of hydrogen-bond acceptors (Lipinski definition) is 3. The molecule has 0 spiro atoms. The molecule has 0 fully saturated rings. The molecule has 0 bridgehead atoms. The van der Waals surface area contributed by atoms with E-state index in [4.69, 9.17) is 10.5 Å². The lowest BCUT2D eigenvalue weighted by Crippen LogP contribution is -2.41. The van der Waals surface area contributed by atoms with Crippen molar-refractivity contribution in [2.75, 3.05) is 12.3 Å². The number of anilines is 1. The van der Waals surface area contributed by atoms with Crippen molar-refractivity contribution < 1.29 is 22.7 Å². The van der Waals surface area contributed by atoms with Gasteiger partial charge in [-0.3, -0.25) is 4.90 Å². The van der Waals surface area contributed by atoms with Gasteiger partial charge in [-0.2, -0.15) is 13.2 Å². The van der Waals surface area contributed by atoms with Crippen molar-refractivity contribution >= 4 is 11.8 Å². The second kappa shape index (κ2) is 6.24. The number of hydrogen-bond donors (Lipinski definition) is 1. The van der Waals surface area contributed by atoms with E-state index in [0.717, 1.165) is 0 Å². The summed E-state index contributed by atoms with van der Waals surface area (Å²) in [7, 11) is 0. The average Bonchev–Trinajstić information content (AvgIpc) is 2.27. The van der Waals surface area contributed by atoms with Gasteiger partial charge in [-0.25, -0.2) is 4.79 Å². The van der Waals surface area contributed by atoms with Crippen molar-refractivity contribution in [1.29, 1.82) is 0 Å². The first kappa shape index (κ1) is 17.1. The van der Waals surface area contributed by atoms with E-state index in [9.17, 15) is 18.0 Å². The molecule has 0 unspecified atom stereocenters. The summed E-state index contributed by atoms with van der Waals surface area (Å²) in [6, 6.07) is 6.28. The summed E-state index contributed by atoms with van der Waals surface area (Å²) < 4.78 is 42.8. The topological polar surface area (TPSA) is 55.6 Å². The molecule has 118 valence electrons. The van der Waals surface area contributed by atoms with Gasteiger partial charge in [-0.1, -0.05) is 12.1 Å². The Morgan fingerprint density at radius 3 is 2.14 bits per heavy atom. The number of nitrogens with zero attached hydrogens (tertiary/aromatic N) is 1. The summed E-state index contributed by atoms with van der Waals surface area (Å²) in [6.07, 6.45) is -5.50. The van der Waals surface area contributed by atoms with Crippen molar-refractivity contribution in [3.05, 3.63) is 29.8 Å². The van der Waals surface area contributed by atoms with Crippen LogP contribution in [-0.4, -0.2) is 29.3 Å². The third-order valence-electron chi connectivity index (χ3n) is 2.37. The van der Waals surface area contributed by atoms with E-state index < -0.39 is 24.4 Å². The molecule has 7 heteroatoms. The zero-order valence-corrected chi connectivity index (χ0v) is 12.2. The molecule has 4 nitrogen and oxygen atoms in total. The zero-order chi connectivity index (χ0) is 16.3. The molecular formula is C14H19F3N2O2. The first-order valence-electron chi connectivity index (χ1n) is 6.35. The second-order valence-electron chi connectivity index (χ2n) is 5.69. The maximum absolute atomic E-state index is 12.6. The number of carbonyl (C=O) groups excluding carboxylic acids is 1. The molecule has 0 aliphatic carbocycles. The molecule has 0 saturated heterocycles. The minimum Gasteiger partial charge on any atom is -0.444 e. The summed E-state index contributed by atoms with van der Waals surface area (Å²) in [5.74, 6) is 0. The first-order valence-corrected chi connectivity index (χ1v) is 6.35. The fourth-order valence-corrected chi connectivity index (χ4v) is 1.57. The Kier molecular flexibility index (Phi) is 5.09. The molecule has 0 heterocycles. The van der Waals surface area contributed by atoms with Crippen LogP contribution in [0, 0.1) is 0 Å². The third kappa shape index (κ3) is 6.87. The van der Waals surface area contributed by atoms with Crippen molar-refractivity contribution in [2.24, 2.45) is 0 Å². The maximum Gasteiger partial charge on any atom is 0.410 e. The highest BCUT2D eigenvalue weighted by atomic mass is 19.4. The van der Waals surface area contributed by atoms with Gasteiger partial charge in [0.15, 0.2) is 0 Å². The number of ether oxygens (including phenoxy) is 1. The SMILES string of the molecule is CC(C)(C)OC(=O)N(Cc1ccc(N)cc1)CC(F)(F)F. The normalized spacial score (nSPS) is 12.1. The van der Waals surface area contributed by atoms with Crippen LogP contribution in [0.3, 0.4) is 0 Å². The number of nitrogens with two attached hydrogens (primary N) is 1. The molecule has 1 aromatic rings. The average molecular weight is 304 g/mol. The van der Waals surface area contributed by atoms with Crippen LogP contribution in [0.5, 0.6) is 0 Å². The lowest BCUT2D eigenvalue weighted by molar-refractivity contribution is -0.145. The van der Waals surface area contributed by atoms with E-state index in [1.165, 1.54) is 0 Å². The van der Waals surface area contributed by atoms with E-state index in [-0.39, 0.29) is 6.54 Å². The van der Waals surface area contributed by atoms with Gasteiger partial charge in [-0.05, 0) is 38.5 Å². The van der Waals surface area contributed by atoms with E-state index in [1.54, 1.807) is 45.0 Å². The summed E-state index contributed by atoms with van der Waals surface area (Å²) in [5, 5.41) is 0. The lowest BCUT2D eigenvalue weighted by atomic mass is 10.2. The van der Waals surface area contributed by atoms with Crippen LogP contribution in [0.15, 0.2) is 24.3 Å². The van der Waals surface area contributed by atoms with E-state index >= 15 is 0 Å². The summed E-state index contributed by atoms with van der Waals surface area (Å²) >= 11 is 0. The fourth-order valence-electron chi connectivity index (χ4n) is 1.57. The van der Waals surface area contributed by atoms with E-state index in [2.05, 4.69) is 0 Å². The van der Waals surface area contributed by atoms with Crippen LogP contribution >= 0.6 is 0 Å². The lowest BCUT2D eigenvalue weighted by Gasteiger charge is -2.28. The molecule has 21 heavy (non-hydrogen) atoms. The molecule has 1 amide bonds. The number of alkyl halides is 3. The van der Waals surface area contributed by atoms with Gasteiger partial charge in [0.25, 0.3) is 0 Å². The summed E-state index contributed by atoms with van der Waals surface area (Å²) in [4.78, 5) is 12.5. The highest BCUT2D eigenvalue weighted by Gasteiger charge is 2.34. The Labute approximate surface area is 121 Å². The minimum atomic E-state index is -4.50. The maximum atomic E-state index is 12.6. The molecule has 0 aliphatic rings. The van der Waals surface area contributed by atoms with Gasteiger partial charge < -0.3 is 10.5 Å². The van der Waals surface area contributed by atoms with Crippen molar-refractivity contribution in [1.82, 2.24) is 4.90 Å². The summed E-state index contributed by atoms with van der Waals surface area (Å²) in [5.41, 5.74) is 5.70. The Hall–Kier alpha value is -1.92. The van der Waals surface area contributed by atoms with Crippen LogP contribution in [0.4, 0.5) is 23.7 Å². The van der Waals surface area contributed by atoms with Crippen LogP contribution in [0.2, 0.25) is 0 Å². The molecule has 0 aliphatic heterocycles. The van der Waals surface area contributed by atoms with Gasteiger partial charge in [0.1, 0.15) is 12.1 Å². The Morgan fingerprint density at radius 2 is 1.71 bits per heavy atom. The molecule has 1 rings (SSSR count). The number of benzene rings is 1. The molecule has 0 atom stereocenters. The quantitative estimate of drug-likeness (QED) is 0.869. The first-order chi connectivity index (χ1) is 9.46. The minimum absolute atomic E-state index is 0.200. The molecule has 1 aromatic carbocycles. The van der Waals surface area contributed by atoms with Crippen LogP contribution in [0.1, 0.15) is 26.3 Å². The Morgan fingerprint density at radius 1 is 1.19 bits per heavy atom. The number of nitrogen functional groups attached to an aromatic ring is 1. The van der Waals surface area contributed by atoms with E-state index in [1.807, 2.05) is 0 Å². The fraction of sp³-hybridized carbons (Fsp3) is 0.500. The summed E-state index contributed by atoms with van der Waals surface area (Å²) in [6.45, 7) is 3.22. The number of carbonyl (C=O) groups is 1.